The van der Waals surface area contributed by atoms with E-state index in [4.69, 9.17) is 0 Å². The van der Waals surface area contributed by atoms with Crippen LogP contribution in [-0.2, 0) is 4.79 Å². The molecule has 0 unspecified atom stereocenters. The van der Waals surface area contributed by atoms with Gasteiger partial charge in [0.05, 0.1) is 12.5 Å². The van der Waals surface area contributed by atoms with Gasteiger partial charge in [0.1, 0.15) is 11.4 Å². The van der Waals surface area contributed by atoms with Crippen molar-refractivity contribution >= 4 is 17.7 Å². The van der Waals surface area contributed by atoms with Crippen LogP contribution in [0.2, 0.25) is 0 Å². The van der Waals surface area contributed by atoms with Crippen molar-refractivity contribution < 1.29 is 27.6 Å². The van der Waals surface area contributed by atoms with Crippen molar-refractivity contribution in [3.05, 3.63) is 46.9 Å². The third-order valence-corrected chi connectivity index (χ3v) is 6.68. The molecule has 0 aromatic carbocycles. The Morgan fingerprint density at radius 2 is 1.85 bits per heavy atom. The summed E-state index contributed by atoms with van der Waals surface area (Å²) in [6.07, 6.45) is -4.98. The van der Waals surface area contributed by atoms with Crippen LogP contribution in [-0.4, -0.2) is 50.4 Å². The number of aryl methyl sites for hydroxylation is 2. The van der Waals surface area contributed by atoms with Crippen LogP contribution >= 0.6 is 0 Å². The molecule has 7 nitrogen and oxygen atoms in total. The SMILES string of the molecule is Cc1cccc(-n2c(C)cc(C(=O)CN3C(=O)NC4(CCC(C(F)(F)F)CC4)C3=O)c2C)n1. The summed E-state index contributed by atoms with van der Waals surface area (Å²) in [4.78, 5) is 43.9. The maximum Gasteiger partial charge on any atom is 0.391 e. The van der Waals surface area contributed by atoms with Crippen LogP contribution in [0.4, 0.5) is 18.0 Å². The van der Waals surface area contributed by atoms with Crippen LogP contribution in [0.15, 0.2) is 24.3 Å². The number of imide groups is 1. The summed E-state index contributed by atoms with van der Waals surface area (Å²) in [5.41, 5.74) is 1.22. The number of hydrogen-bond acceptors (Lipinski definition) is 4. The number of amides is 3. The van der Waals surface area contributed by atoms with Crippen LogP contribution in [0.5, 0.6) is 0 Å². The van der Waals surface area contributed by atoms with Gasteiger partial charge < -0.3 is 9.88 Å². The molecule has 4 rings (SSSR count). The highest BCUT2D eigenvalue weighted by molar-refractivity contribution is 6.11. The molecule has 3 amide bonds. The van der Waals surface area contributed by atoms with Crippen molar-refractivity contribution in [1.29, 1.82) is 0 Å². The standard InChI is InChI=1S/C23H25F3N4O3/c1-13-5-4-6-19(27-13)30-14(2)11-17(15(30)3)18(31)12-29-20(32)22(28-21(29)33)9-7-16(8-10-22)23(24,25)26/h4-6,11,16H,7-10,12H2,1-3H3,(H,28,33). The van der Waals surface area contributed by atoms with Crippen molar-refractivity contribution in [2.45, 2.75) is 58.2 Å². The summed E-state index contributed by atoms with van der Waals surface area (Å²) in [6, 6.07) is 6.48. The highest BCUT2D eigenvalue weighted by Gasteiger charge is 2.55. The average Bonchev–Trinajstić information content (AvgIpc) is 3.15. The van der Waals surface area contributed by atoms with Gasteiger partial charge in [0.25, 0.3) is 5.91 Å². The molecule has 176 valence electrons. The summed E-state index contributed by atoms with van der Waals surface area (Å²) in [5.74, 6) is -1.88. The number of rotatable bonds is 4. The Bertz CT molecular complexity index is 1130. The van der Waals surface area contributed by atoms with Crippen LogP contribution in [0.25, 0.3) is 5.82 Å². The highest BCUT2D eigenvalue weighted by atomic mass is 19.4. The first kappa shape index (κ1) is 23.0. The van der Waals surface area contributed by atoms with E-state index in [1.165, 1.54) is 0 Å². The van der Waals surface area contributed by atoms with Crippen LogP contribution in [0.3, 0.4) is 0 Å². The molecule has 1 spiro atoms. The van der Waals surface area contributed by atoms with Gasteiger partial charge in [-0.05, 0) is 64.7 Å². The third-order valence-electron chi connectivity index (χ3n) is 6.68. The number of hydrogen-bond donors (Lipinski definition) is 1. The van der Waals surface area contributed by atoms with Crippen LogP contribution in [0.1, 0.15) is 53.1 Å². The number of urea groups is 1. The molecule has 1 aliphatic carbocycles. The quantitative estimate of drug-likeness (QED) is 0.550. The highest BCUT2D eigenvalue weighted by Crippen LogP contribution is 2.43. The van der Waals surface area contributed by atoms with Crippen molar-refractivity contribution in [3.63, 3.8) is 0 Å². The molecule has 1 aliphatic heterocycles. The monoisotopic (exact) mass is 462 g/mol. The van der Waals surface area contributed by atoms with Gasteiger partial charge >= 0.3 is 12.2 Å². The van der Waals surface area contributed by atoms with E-state index in [2.05, 4.69) is 10.3 Å². The van der Waals surface area contributed by atoms with Gasteiger partial charge in [-0.3, -0.25) is 14.5 Å². The second-order valence-corrected chi connectivity index (χ2v) is 8.90. The summed E-state index contributed by atoms with van der Waals surface area (Å²) in [5, 5.41) is 2.56. The summed E-state index contributed by atoms with van der Waals surface area (Å²) >= 11 is 0. The largest absolute Gasteiger partial charge is 0.391 e. The zero-order valence-electron chi connectivity index (χ0n) is 18.6. The molecule has 1 saturated carbocycles. The average molecular weight is 462 g/mol. The number of ketones is 1. The predicted octanol–water partition coefficient (Wildman–Crippen LogP) is 4.02. The Kier molecular flexibility index (Phi) is 5.58. The van der Waals surface area contributed by atoms with Gasteiger partial charge in [-0.15, -0.1) is 0 Å². The van der Waals surface area contributed by atoms with Crippen molar-refractivity contribution in [2.75, 3.05) is 6.54 Å². The lowest BCUT2D eigenvalue weighted by Gasteiger charge is -2.35. The molecule has 10 heteroatoms. The fourth-order valence-electron chi connectivity index (χ4n) is 4.88. The first-order valence-electron chi connectivity index (χ1n) is 10.8. The van der Waals surface area contributed by atoms with Gasteiger partial charge in [0.15, 0.2) is 5.78 Å². The Labute approximate surface area is 189 Å². The first-order chi connectivity index (χ1) is 15.4. The van der Waals surface area contributed by atoms with Crippen molar-refractivity contribution in [2.24, 2.45) is 5.92 Å². The lowest BCUT2D eigenvalue weighted by atomic mass is 9.76. The van der Waals surface area contributed by atoms with E-state index in [0.29, 0.717) is 17.1 Å². The number of Topliss-reactive ketones (excluding diaryl/α,β-unsaturated/α-hetero) is 1. The number of carbonyl (C=O) groups excluding carboxylic acids is 3. The van der Waals surface area contributed by atoms with E-state index in [1.54, 1.807) is 13.0 Å². The van der Waals surface area contributed by atoms with Crippen molar-refractivity contribution in [1.82, 2.24) is 19.8 Å². The fraction of sp³-hybridized carbons (Fsp3) is 0.478. The molecule has 1 saturated heterocycles. The van der Waals surface area contributed by atoms with E-state index in [-0.39, 0.29) is 25.7 Å². The zero-order chi connectivity index (χ0) is 24.1. The summed E-state index contributed by atoms with van der Waals surface area (Å²) in [6.45, 7) is 4.98. The Morgan fingerprint density at radius 1 is 1.18 bits per heavy atom. The number of aromatic nitrogens is 2. The Morgan fingerprint density at radius 3 is 2.45 bits per heavy atom. The fourth-order valence-corrected chi connectivity index (χ4v) is 4.88. The number of nitrogens with one attached hydrogen (secondary N) is 1. The molecule has 2 fully saturated rings. The number of alkyl halides is 3. The minimum atomic E-state index is -4.32. The lowest BCUT2D eigenvalue weighted by Crippen LogP contribution is -2.51. The second-order valence-electron chi connectivity index (χ2n) is 8.90. The topological polar surface area (TPSA) is 84.3 Å². The number of carbonyl (C=O) groups is 3. The number of halogens is 3. The van der Waals surface area contributed by atoms with Gasteiger partial charge in [-0.1, -0.05) is 6.07 Å². The molecular weight excluding hydrogens is 437 g/mol. The molecule has 33 heavy (non-hydrogen) atoms. The van der Waals surface area contributed by atoms with Gasteiger partial charge in [-0.25, -0.2) is 9.78 Å². The molecule has 0 radical (unpaired) electrons. The van der Waals surface area contributed by atoms with Crippen LogP contribution in [0, 0.1) is 26.7 Å². The maximum atomic E-state index is 13.1. The molecule has 2 aliphatic rings. The predicted molar refractivity (Wildman–Crippen MR) is 113 cm³/mol. The van der Waals surface area contributed by atoms with Crippen molar-refractivity contribution in [3.8, 4) is 5.82 Å². The lowest BCUT2D eigenvalue weighted by molar-refractivity contribution is -0.185. The van der Waals surface area contributed by atoms with Gasteiger partial charge in [-0.2, -0.15) is 13.2 Å². The zero-order valence-corrected chi connectivity index (χ0v) is 18.6. The number of nitrogens with zero attached hydrogens (tertiary/aromatic N) is 3. The normalized spacial score (nSPS) is 23.3. The first-order valence-corrected chi connectivity index (χ1v) is 10.8. The molecule has 3 heterocycles. The van der Waals surface area contributed by atoms with E-state index in [1.807, 2.05) is 36.6 Å². The van der Waals surface area contributed by atoms with E-state index in [9.17, 15) is 27.6 Å². The van der Waals surface area contributed by atoms with E-state index >= 15 is 0 Å². The van der Waals surface area contributed by atoms with Gasteiger partial charge in [0, 0.05) is 22.6 Å². The smallest absolute Gasteiger partial charge is 0.323 e. The molecule has 0 bridgehead atoms. The summed E-state index contributed by atoms with van der Waals surface area (Å²) in [7, 11) is 0. The Balaban J connectivity index is 1.52. The van der Waals surface area contributed by atoms with E-state index in [0.717, 1.165) is 16.3 Å². The minimum Gasteiger partial charge on any atom is -0.323 e. The molecule has 2 aromatic heterocycles. The maximum absolute atomic E-state index is 13.1. The van der Waals surface area contributed by atoms with Gasteiger partial charge in [0.2, 0.25) is 0 Å². The molecule has 0 atom stereocenters. The number of pyridine rings is 1. The molecular formula is C23H25F3N4O3. The minimum absolute atomic E-state index is 0.0972. The van der Waals surface area contributed by atoms with Crippen LogP contribution < -0.4 is 5.32 Å². The Hall–Kier alpha value is -3.17. The third kappa shape index (κ3) is 4.02. The summed E-state index contributed by atoms with van der Waals surface area (Å²) < 4.78 is 40.9. The second kappa shape index (κ2) is 8.00. The molecule has 1 N–H and O–H groups in total. The van der Waals surface area contributed by atoms with E-state index < -0.39 is 41.9 Å². The molecule has 2 aromatic rings.